The van der Waals surface area contributed by atoms with Gasteiger partial charge in [0.25, 0.3) is 0 Å². The minimum absolute atomic E-state index is 0.346. The Kier molecular flexibility index (Phi) is 2.99. The molecule has 0 saturated carbocycles. The van der Waals surface area contributed by atoms with Gasteiger partial charge in [-0.3, -0.25) is 9.48 Å². The van der Waals surface area contributed by atoms with Gasteiger partial charge in [0.15, 0.2) is 0 Å². The molecular weight excluding hydrogens is 204 g/mol. The number of carboxylic acid groups (broad SMARTS) is 1. The third kappa shape index (κ3) is 1.96. The summed E-state index contributed by atoms with van der Waals surface area (Å²) in [4.78, 5) is 10.8. The number of hydrogen-bond donors (Lipinski definition) is 1. The van der Waals surface area contributed by atoms with Crippen LogP contribution in [0.15, 0.2) is 0 Å². The molecule has 88 valence electrons. The summed E-state index contributed by atoms with van der Waals surface area (Å²) in [5, 5.41) is 13.4. The van der Waals surface area contributed by atoms with Crippen LogP contribution in [0.2, 0.25) is 0 Å². The zero-order chi connectivity index (χ0) is 11.7. The number of carboxylic acids is 1. The molecule has 0 bridgehead atoms. The van der Waals surface area contributed by atoms with Crippen LogP contribution in [-0.2, 0) is 31.1 Å². The normalized spacial score (nSPS) is 16.9. The van der Waals surface area contributed by atoms with E-state index in [1.807, 2.05) is 11.7 Å². The molecule has 2 rings (SSSR count). The first-order valence-electron chi connectivity index (χ1n) is 5.86. The molecule has 0 aliphatic heterocycles. The summed E-state index contributed by atoms with van der Waals surface area (Å²) in [6, 6.07) is 0. The van der Waals surface area contributed by atoms with E-state index in [4.69, 9.17) is 5.11 Å². The van der Waals surface area contributed by atoms with Gasteiger partial charge in [-0.25, -0.2) is 0 Å². The lowest BCUT2D eigenvalue weighted by atomic mass is 9.93. The largest absolute Gasteiger partial charge is 0.481 e. The van der Waals surface area contributed by atoms with E-state index in [1.54, 1.807) is 6.92 Å². The maximum atomic E-state index is 10.8. The number of hydrogen-bond acceptors (Lipinski definition) is 2. The summed E-state index contributed by atoms with van der Waals surface area (Å²) in [7, 11) is 1.96. The van der Waals surface area contributed by atoms with Crippen LogP contribution in [0.25, 0.3) is 0 Å². The first-order chi connectivity index (χ1) is 7.59. The zero-order valence-electron chi connectivity index (χ0n) is 9.86. The number of fused-ring (bicyclic) bond motifs is 1. The molecule has 0 saturated heterocycles. The van der Waals surface area contributed by atoms with Crippen molar-refractivity contribution in [1.82, 2.24) is 9.78 Å². The highest BCUT2D eigenvalue weighted by Gasteiger charge is 2.22. The molecule has 1 unspecified atom stereocenters. The molecule has 4 nitrogen and oxygen atoms in total. The summed E-state index contributed by atoms with van der Waals surface area (Å²) in [5.41, 5.74) is 3.60. The lowest BCUT2D eigenvalue weighted by Crippen LogP contribution is -2.14. The molecule has 1 aliphatic rings. The van der Waals surface area contributed by atoms with E-state index in [-0.39, 0.29) is 5.92 Å². The molecule has 1 aromatic heterocycles. The van der Waals surface area contributed by atoms with Gasteiger partial charge in [0.05, 0.1) is 11.6 Å². The van der Waals surface area contributed by atoms with Crippen molar-refractivity contribution >= 4 is 5.97 Å². The summed E-state index contributed by atoms with van der Waals surface area (Å²) in [6.45, 7) is 1.74. The summed E-state index contributed by atoms with van der Waals surface area (Å²) in [5.74, 6) is -1.09. The van der Waals surface area contributed by atoms with E-state index in [9.17, 15) is 4.79 Å². The van der Waals surface area contributed by atoms with Crippen molar-refractivity contribution < 1.29 is 9.90 Å². The minimum Gasteiger partial charge on any atom is -0.481 e. The van der Waals surface area contributed by atoms with Gasteiger partial charge < -0.3 is 5.11 Å². The average molecular weight is 222 g/mol. The number of carbonyl (C=O) groups is 1. The van der Waals surface area contributed by atoms with Crippen molar-refractivity contribution in [2.45, 2.75) is 39.0 Å². The molecule has 1 aliphatic carbocycles. The molecule has 0 amide bonds. The Balaban J connectivity index is 2.24. The molecule has 0 spiro atoms. The lowest BCUT2D eigenvalue weighted by molar-refractivity contribution is -0.141. The molecule has 4 heteroatoms. The van der Waals surface area contributed by atoms with Crippen molar-refractivity contribution in [3.8, 4) is 0 Å². The highest BCUT2D eigenvalue weighted by atomic mass is 16.4. The van der Waals surface area contributed by atoms with Crippen LogP contribution in [0.1, 0.15) is 36.7 Å². The second-order valence-corrected chi connectivity index (χ2v) is 4.65. The third-order valence-corrected chi connectivity index (χ3v) is 3.37. The van der Waals surface area contributed by atoms with Gasteiger partial charge in [0.1, 0.15) is 0 Å². The van der Waals surface area contributed by atoms with Crippen LogP contribution in [0, 0.1) is 5.92 Å². The van der Waals surface area contributed by atoms with Gasteiger partial charge in [-0.1, -0.05) is 6.92 Å². The van der Waals surface area contributed by atoms with Crippen molar-refractivity contribution in [2.24, 2.45) is 13.0 Å². The minimum atomic E-state index is -0.741. The number of aliphatic carboxylic acids is 1. The highest BCUT2D eigenvalue weighted by Crippen LogP contribution is 2.25. The Bertz CT molecular complexity index is 409. The summed E-state index contributed by atoms with van der Waals surface area (Å²) in [6.07, 6.45) is 5.12. The van der Waals surface area contributed by atoms with Gasteiger partial charge in [-0.2, -0.15) is 5.10 Å². The molecule has 1 N–H and O–H groups in total. The maximum absolute atomic E-state index is 10.8. The standard InChI is InChI=1S/C12H18N2O2/c1-8(12(15)16)7-10-9-5-3-4-6-11(9)14(2)13-10/h8H,3-7H2,1-2H3,(H,15,16). The number of rotatable bonds is 3. The molecule has 1 atom stereocenters. The quantitative estimate of drug-likeness (QED) is 0.844. The first kappa shape index (κ1) is 11.2. The van der Waals surface area contributed by atoms with Gasteiger partial charge in [0.2, 0.25) is 0 Å². The van der Waals surface area contributed by atoms with Crippen molar-refractivity contribution in [2.75, 3.05) is 0 Å². The molecule has 1 aromatic rings. The fourth-order valence-electron chi connectivity index (χ4n) is 2.40. The topological polar surface area (TPSA) is 55.1 Å². The highest BCUT2D eigenvalue weighted by molar-refractivity contribution is 5.69. The molecule has 0 radical (unpaired) electrons. The Morgan fingerprint density at radius 1 is 1.50 bits per heavy atom. The second-order valence-electron chi connectivity index (χ2n) is 4.65. The molecular formula is C12H18N2O2. The zero-order valence-corrected chi connectivity index (χ0v) is 9.86. The van der Waals surface area contributed by atoms with Crippen LogP contribution in [0.4, 0.5) is 0 Å². The monoisotopic (exact) mass is 222 g/mol. The van der Waals surface area contributed by atoms with Gasteiger partial charge in [-0.15, -0.1) is 0 Å². The van der Waals surface area contributed by atoms with Crippen LogP contribution in [0.5, 0.6) is 0 Å². The maximum Gasteiger partial charge on any atom is 0.306 e. The van der Waals surface area contributed by atoms with Crippen molar-refractivity contribution in [3.63, 3.8) is 0 Å². The fourth-order valence-corrected chi connectivity index (χ4v) is 2.40. The van der Waals surface area contributed by atoms with E-state index in [0.29, 0.717) is 6.42 Å². The van der Waals surface area contributed by atoms with Crippen molar-refractivity contribution in [3.05, 3.63) is 17.0 Å². The van der Waals surface area contributed by atoms with Crippen LogP contribution in [0.3, 0.4) is 0 Å². The number of nitrogens with zero attached hydrogens (tertiary/aromatic N) is 2. The third-order valence-electron chi connectivity index (χ3n) is 3.37. The smallest absolute Gasteiger partial charge is 0.306 e. The molecule has 1 heterocycles. The Hall–Kier alpha value is -1.32. The molecule has 16 heavy (non-hydrogen) atoms. The van der Waals surface area contributed by atoms with Crippen molar-refractivity contribution in [1.29, 1.82) is 0 Å². The Morgan fingerprint density at radius 2 is 2.19 bits per heavy atom. The SMILES string of the molecule is CC(Cc1nn(C)c2c1CCCC2)C(=O)O. The van der Waals surface area contributed by atoms with E-state index >= 15 is 0 Å². The Morgan fingerprint density at radius 3 is 2.88 bits per heavy atom. The van der Waals surface area contributed by atoms with E-state index in [1.165, 1.54) is 24.1 Å². The average Bonchev–Trinajstić information content (AvgIpc) is 2.57. The van der Waals surface area contributed by atoms with Gasteiger partial charge in [-0.05, 0) is 31.2 Å². The van der Waals surface area contributed by atoms with Gasteiger partial charge >= 0.3 is 5.97 Å². The first-order valence-corrected chi connectivity index (χ1v) is 5.86. The van der Waals surface area contributed by atoms with E-state index in [0.717, 1.165) is 18.5 Å². The summed E-state index contributed by atoms with van der Waals surface area (Å²) >= 11 is 0. The predicted octanol–water partition coefficient (Wildman–Crippen LogP) is 1.56. The van der Waals surface area contributed by atoms with E-state index < -0.39 is 5.97 Å². The summed E-state index contributed by atoms with van der Waals surface area (Å²) < 4.78 is 1.93. The van der Waals surface area contributed by atoms with Crippen LogP contribution >= 0.6 is 0 Å². The van der Waals surface area contributed by atoms with Gasteiger partial charge in [0, 0.05) is 19.2 Å². The molecule has 0 aromatic carbocycles. The Labute approximate surface area is 95.3 Å². The number of aryl methyl sites for hydroxylation is 1. The predicted molar refractivity (Wildman–Crippen MR) is 60.4 cm³/mol. The van der Waals surface area contributed by atoms with Crippen LogP contribution in [-0.4, -0.2) is 20.9 Å². The van der Waals surface area contributed by atoms with Crippen LogP contribution < -0.4 is 0 Å². The van der Waals surface area contributed by atoms with E-state index in [2.05, 4.69) is 5.10 Å². The second kappa shape index (κ2) is 4.28. The number of aromatic nitrogens is 2. The molecule has 0 fully saturated rings. The lowest BCUT2D eigenvalue weighted by Gasteiger charge is -2.13. The fraction of sp³-hybridized carbons (Fsp3) is 0.667.